The van der Waals surface area contributed by atoms with Gasteiger partial charge in [0.25, 0.3) is 0 Å². The van der Waals surface area contributed by atoms with Crippen molar-refractivity contribution in [2.45, 2.75) is 18.4 Å². The normalized spacial score (nSPS) is 24.1. The van der Waals surface area contributed by atoms with Crippen molar-refractivity contribution < 1.29 is 4.42 Å². The van der Waals surface area contributed by atoms with Crippen LogP contribution in [0.5, 0.6) is 0 Å². The molecule has 1 saturated carbocycles. The van der Waals surface area contributed by atoms with Crippen LogP contribution in [0, 0.1) is 0 Å². The minimum absolute atomic E-state index is 0.305. The molecule has 2 nitrogen and oxygen atoms in total. The summed E-state index contributed by atoms with van der Waals surface area (Å²) in [6, 6.07) is 14.5. The fraction of sp³-hybridized carbons (Fsp3) is 0.231. The summed E-state index contributed by atoms with van der Waals surface area (Å²) in [6.45, 7) is 0. The molecule has 2 atom stereocenters. The van der Waals surface area contributed by atoms with Crippen LogP contribution in [0.25, 0.3) is 11.3 Å². The molecule has 3 rings (SSSR count). The lowest BCUT2D eigenvalue weighted by atomic mass is 10.2. The lowest BCUT2D eigenvalue weighted by molar-refractivity contribution is 0.522. The Balaban J connectivity index is 1.91. The van der Waals surface area contributed by atoms with E-state index >= 15 is 0 Å². The Bertz CT molecular complexity index is 460. The van der Waals surface area contributed by atoms with Crippen molar-refractivity contribution in [1.82, 2.24) is 0 Å². The highest BCUT2D eigenvalue weighted by atomic mass is 16.3. The van der Waals surface area contributed by atoms with Gasteiger partial charge in [-0.15, -0.1) is 0 Å². The maximum atomic E-state index is 5.79. The summed E-state index contributed by atoms with van der Waals surface area (Å²) in [5.41, 5.74) is 6.91. The zero-order chi connectivity index (χ0) is 10.3. The van der Waals surface area contributed by atoms with Crippen molar-refractivity contribution in [2.24, 2.45) is 5.73 Å². The molecule has 0 amide bonds. The van der Waals surface area contributed by atoms with Crippen LogP contribution in [0.3, 0.4) is 0 Å². The first-order valence-electron chi connectivity index (χ1n) is 5.25. The van der Waals surface area contributed by atoms with Gasteiger partial charge in [0.15, 0.2) is 0 Å². The lowest BCUT2D eigenvalue weighted by Gasteiger charge is -1.95. The van der Waals surface area contributed by atoms with E-state index in [9.17, 15) is 0 Å². The average molecular weight is 199 g/mol. The van der Waals surface area contributed by atoms with Crippen LogP contribution in [0.15, 0.2) is 46.9 Å². The van der Waals surface area contributed by atoms with Gasteiger partial charge in [-0.1, -0.05) is 30.3 Å². The summed E-state index contributed by atoms with van der Waals surface area (Å²) in [4.78, 5) is 0. The fourth-order valence-electron chi connectivity index (χ4n) is 1.85. The van der Waals surface area contributed by atoms with Gasteiger partial charge in [0, 0.05) is 17.5 Å². The molecule has 0 radical (unpaired) electrons. The van der Waals surface area contributed by atoms with Crippen molar-refractivity contribution in [2.75, 3.05) is 0 Å². The topological polar surface area (TPSA) is 39.2 Å². The first-order valence-corrected chi connectivity index (χ1v) is 5.25. The highest BCUT2D eigenvalue weighted by molar-refractivity contribution is 5.57. The Morgan fingerprint density at radius 2 is 1.80 bits per heavy atom. The Labute approximate surface area is 88.7 Å². The fourth-order valence-corrected chi connectivity index (χ4v) is 1.85. The predicted octanol–water partition coefficient (Wildman–Crippen LogP) is 2.76. The minimum Gasteiger partial charge on any atom is -0.461 e. The zero-order valence-corrected chi connectivity index (χ0v) is 8.39. The number of nitrogens with two attached hydrogens (primary N) is 1. The van der Waals surface area contributed by atoms with E-state index in [-0.39, 0.29) is 0 Å². The molecule has 0 bridgehead atoms. The number of hydrogen-bond acceptors (Lipinski definition) is 2. The molecule has 2 N–H and O–H groups in total. The van der Waals surface area contributed by atoms with Gasteiger partial charge in [-0.25, -0.2) is 0 Å². The van der Waals surface area contributed by atoms with Crippen molar-refractivity contribution >= 4 is 0 Å². The van der Waals surface area contributed by atoms with Crippen LogP contribution >= 0.6 is 0 Å². The Kier molecular flexibility index (Phi) is 1.89. The molecule has 15 heavy (non-hydrogen) atoms. The Morgan fingerprint density at radius 3 is 2.47 bits per heavy atom. The van der Waals surface area contributed by atoms with E-state index in [2.05, 4.69) is 12.1 Å². The molecular weight excluding hydrogens is 186 g/mol. The van der Waals surface area contributed by atoms with Crippen molar-refractivity contribution in [3.8, 4) is 11.3 Å². The predicted molar refractivity (Wildman–Crippen MR) is 59.5 cm³/mol. The minimum atomic E-state index is 0.305. The SMILES string of the molecule is N[C@@H]1C[C@H]1c1ccc(-c2ccccc2)o1. The zero-order valence-electron chi connectivity index (χ0n) is 8.39. The van der Waals surface area contributed by atoms with Crippen LogP contribution in [0.2, 0.25) is 0 Å². The molecule has 1 aromatic heterocycles. The molecule has 1 aliphatic rings. The highest BCUT2D eigenvalue weighted by Crippen LogP contribution is 2.40. The molecule has 1 fully saturated rings. The largest absolute Gasteiger partial charge is 0.461 e. The second kappa shape index (κ2) is 3.24. The lowest BCUT2D eigenvalue weighted by Crippen LogP contribution is -2.00. The van der Waals surface area contributed by atoms with Gasteiger partial charge >= 0.3 is 0 Å². The third-order valence-electron chi connectivity index (χ3n) is 2.89. The number of rotatable bonds is 2. The van der Waals surface area contributed by atoms with Gasteiger partial charge in [-0.2, -0.15) is 0 Å². The second-order valence-electron chi connectivity index (χ2n) is 4.07. The van der Waals surface area contributed by atoms with E-state index in [0.717, 1.165) is 23.5 Å². The van der Waals surface area contributed by atoms with Crippen LogP contribution in [-0.2, 0) is 0 Å². The smallest absolute Gasteiger partial charge is 0.134 e. The second-order valence-corrected chi connectivity index (χ2v) is 4.07. The molecule has 1 heterocycles. The molecule has 0 saturated heterocycles. The van der Waals surface area contributed by atoms with Crippen LogP contribution in [-0.4, -0.2) is 6.04 Å². The first kappa shape index (κ1) is 8.74. The number of benzene rings is 1. The molecule has 1 aromatic carbocycles. The monoisotopic (exact) mass is 199 g/mol. The molecule has 1 aliphatic carbocycles. The Morgan fingerprint density at radius 1 is 1.07 bits per heavy atom. The van der Waals surface area contributed by atoms with E-state index in [1.807, 2.05) is 30.3 Å². The quantitative estimate of drug-likeness (QED) is 0.807. The van der Waals surface area contributed by atoms with Crippen molar-refractivity contribution in [3.63, 3.8) is 0 Å². The van der Waals surface area contributed by atoms with E-state index in [1.165, 1.54) is 0 Å². The average Bonchev–Trinajstić information content (AvgIpc) is 2.83. The van der Waals surface area contributed by atoms with Gasteiger partial charge in [0.2, 0.25) is 0 Å². The molecule has 0 unspecified atom stereocenters. The van der Waals surface area contributed by atoms with E-state index in [4.69, 9.17) is 10.2 Å². The van der Waals surface area contributed by atoms with Crippen LogP contribution in [0.4, 0.5) is 0 Å². The van der Waals surface area contributed by atoms with Gasteiger partial charge in [-0.3, -0.25) is 0 Å². The van der Waals surface area contributed by atoms with Gasteiger partial charge in [0.1, 0.15) is 11.5 Å². The summed E-state index contributed by atoms with van der Waals surface area (Å²) >= 11 is 0. The summed E-state index contributed by atoms with van der Waals surface area (Å²) in [6.07, 6.45) is 1.06. The van der Waals surface area contributed by atoms with Crippen LogP contribution < -0.4 is 5.73 Å². The molecule has 76 valence electrons. The summed E-state index contributed by atoms with van der Waals surface area (Å²) in [5, 5.41) is 0. The standard InChI is InChI=1S/C13H13NO/c14-11-8-10(11)13-7-6-12(15-13)9-4-2-1-3-5-9/h1-7,10-11H,8,14H2/t10-,11-/m1/s1. The van der Waals surface area contributed by atoms with E-state index in [0.29, 0.717) is 12.0 Å². The van der Waals surface area contributed by atoms with E-state index in [1.54, 1.807) is 0 Å². The van der Waals surface area contributed by atoms with Gasteiger partial charge < -0.3 is 10.2 Å². The molecule has 0 aliphatic heterocycles. The third kappa shape index (κ3) is 1.57. The summed E-state index contributed by atoms with van der Waals surface area (Å²) in [7, 11) is 0. The van der Waals surface area contributed by atoms with Crippen LogP contribution in [0.1, 0.15) is 18.1 Å². The molecular formula is C13H13NO. The molecule has 0 spiro atoms. The third-order valence-corrected chi connectivity index (χ3v) is 2.89. The summed E-state index contributed by atoms with van der Waals surface area (Å²) < 4.78 is 5.78. The molecule has 2 heteroatoms. The van der Waals surface area contributed by atoms with Gasteiger partial charge in [-0.05, 0) is 18.6 Å². The van der Waals surface area contributed by atoms with Gasteiger partial charge in [0.05, 0.1) is 0 Å². The van der Waals surface area contributed by atoms with Crippen molar-refractivity contribution in [3.05, 3.63) is 48.2 Å². The molecule has 2 aromatic rings. The first-order chi connectivity index (χ1) is 7.34. The maximum Gasteiger partial charge on any atom is 0.134 e. The maximum absolute atomic E-state index is 5.79. The highest BCUT2D eigenvalue weighted by Gasteiger charge is 2.37. The van der Waals surface area contributed by atoms with E-state index < -0.39 is 0 Å². The number of furan rings is 1. The van der Waals surface area contributed by atoms with Crippen molar-refractivity contribution in [1.29, 1.82) is 0 Å². The number of hydrogen-bond donors (Lipinski definition) is 1. The summed E-state index contributed by atoms with van der Waals surface area (Å²) in [5.74, 6) is 2.41. The Hall–Kier alpha value is -1.54.